The zero-order valence-electron chi connectivity index (χ0n) is 16.1. The number of carbonyl (C=O) groups excluding carboxylic acids is 1. The highest BCUT2D eigenvalue weighted by molar-refractivity contribution is 5.69. The number of aliphatic hydroxyl groups excluding tert-OH is 1. The Kier molecular flexibility index (Phi) is 6.72. The van der Waals surface area contributed by atoms with Gasteiger partial charge >= 0.3 is 11.9 Å². The van der Waals surface area contributed by atoms with Crippen LogP contribution in [0, 0.1) is 16.0 Å². The molecule has 0 spiro atoms. The highest BCUT2D eigenvalue weighted by Crippen LogP contribution is 2.37. The van der Waals surface area contributed by atoms with Crippen LogP contribution in [0.4, 0.5) is 10.6 Å². The standard InChI is InChI=1S/C18H28N4O5/c1-18(2,3)13-11-15(22(25)26)20-14(16(13)27-17(19)24)10-12-4-6-21(7-5-12)8-9-23/h11-12,23H,4-10H2,1-3H3,(H2,19,24). The number of β-amino-alcohol motifs (C(OH)–C–C–N with tert-alkyl or cyclic N) is 1. The van der Waals surface area contributed by atoms with E-state index in [1.54, 1.807) is 0 Å². The lowest BCUT2D eigenvalue weighted by Crippen LogP contribution is -2.36. The van der Waals surface area contributed by atoms with Gasteiger partial charge in [-0.3, -0.25) is 0 Å². The van der Waals surface area contributed by atoms with Crippen LogP contribution in [-0.2, 0) is 11.8 Å². The Morgan fingerprint density at radius 1 is 1.44 bits per heavy atom. The zero-order valence-corrected chi connectivity index (χ0v) is 16.1. The van der Waals surface area contributed by atoms with Gasteiger partial charge in [0.1, 0.15) is 0 Å². The summed E-state index contributed by atoms with van der Waals surface area (Å²) in [4.78, 5) is 28.6. The SMILES string of the molecule is CC(C)(C)c1cc([N+](=O)[O-])nc(CC2CCN(CCO)CC2)c1OC(N)=O. The molecular formula is C18H28N4O5. The molecule has 1 aromatic heterocycles. The summed E-state index contributed by atoms with van der Waals surface area (Å²) < 4.78 is 5.25. The lowest BCUT2D eigenvalue weighted by atomic mass is 9.84. The first kappa shape index (κ1) is 21.0. The van der Waals surface area contributed by atoms with Gasteiger partial charge in [-0.2, -0.15) is 0 Å². The predicted molar refractivity (Wildman–Crippen MR) is 99.8 cm³/mol. The molecule has 0 radical (unpaired) electrons. The molecule has 0 aliphatic carbocycles. The molecule has 2 rings (SSSR count). The number of piperidine rings is 1. The summed E-state index contributed by atoms with van der Waals surface area (Å²) in [6, 6.07) is 1.35. The number of hydrogen-bond donors (Lipinski definition) is 2. The van der Waals surface area contributed by atoms with E-state index in [1.165, 1.54) is 6.07 Å². The van der Waals surface area contributed by atoms with Gasteiger partial charge in [-0.1, -0.05) is 20.8 Å². The molecule has 1 aliphatic heterocycles. The molecule has 1 fully saturated rings. The van der Waals surface area contributed by atoms with Gasteiger partial charge < -0.3 is 30.6 Å². The molecule has 2 heterocycles. The quantitative estimate of drug-likeness (QED) is 0.570. The minimum absolute atomic E-state index is 0.128. The van der Waals surface area contributed by atoms with E-state index in [0.29, 0.717) is 24.2 Å². The van der Waals surface area contributed by atoms with E-state index >= 15 is 0 Å². The molecule has 9 heteroatoms. The number of hydrogen-bond acceptors (Lipinski definition) is 7. The number of rotatable bonds is 6. The molecular weight excluding hydrogens is 352 g/mol. The van der Waals surface area contributed by atoms with E-state index in [9.17, 15) is 14.9 Å². The van der Waals surface area contributed by atoms with Gasteiger partial charge in [0.2, 0.25) is 0 Å². The third-order valence-corrected chi connectivity index (χ3v) is 4.83. The molecule has 0 unspecified atom stereocenters. The molecule has 1 saturated heterocycles. The highest BCUT2D eigenvalue weighted by Gasteiger charge is 2.32. The number of nitrogens with two attached hydrogens (primary N) is 1. The summed E-state index contributed by atoms with van der Waals surface area (Å²) in [5.41, 5.74) is 5.68. The predicted octanol–water partition coefficient (Wildman–Crippen LogP) is 1.99. The number of nitrogens with zero attached hydrogens (tertiary/aromatic N) is 3. The molecule has 3 N–H and O–H groups in total. The lowest BCUT2D eigenvalue weighted by Gasteiger charge is -2.31. The summed E-state index contributed by atoms with van der Waals surface area (Å²) in [6.07, 6.45) is 1.27. The van der Waals surface area contributed by atoms with Crippen molar-refractivity contribution in [3.05, 3.63) is 27.4 Å². The van der Waals surface area contributed by atoms with Gasteiger partial charge in [0.05, 0.1) is 6.61 Å². The second-order valence-corrected chi connectivity index (χ2v) is 7.94. The molecule has 0 saturated carbocycles. The second-order valence-electron chi connectivity index (χ2n) is 7.94. The Labute approximate surface area is 158 Å². The van der Waals surface area contributed by atoms with Crippen LogP contribution in [0.1, 0.15) is 44.9 Å². The van der Waals surface area contributed by atoms with Crippen molar-refractivity contribution in [2.75, 3.05) is 26.2 Å². The van der Waals surface area contributed by atoms with Crippen LogP contribution < -0.4 is 10.5 Å². The number of primary amides is 1. The first-order valence-corrected chi connectivity index (χ1v) is 9.11. The Balaban J connectivity index is 2.36. The van der Waals surface area contributed by atoms with Crippen LogP contribution in [0.25, 0.3) is 0 Å². The van der Waals surface area contributed by atoms with Gasteiger partial charge in [0.25, 0.3) is 0 Å². The number of likely N-dealkylation sites (tertiary alicyclic amines) is 1. The number of aliphatic hydroxyl groups is 1. The smallest absolute Gasteiger partial charge is 0.406 e. The van der Waals surface area contributed by atoms with E-state index < -0.39 is 16.4 Å². The van der Waals surface area contributed by atoms with Gasteiger partial charge in [-0.15, -0.1) is 0 Å². The van der Waals surface area contributed by atoms with Crippen LogP contribution in [0.15, 0.2) is 6.07 Å². The number of nitro groups is 1. The normalized spacial score (nSPS) is 16.3. The third kappa shape index (κ3) is 5.61. The largest absolute Gasteiger partial charge is 0.410 e. The van der Waals surface area contributed by atoms with E-state index in [-0.39, 0.29) is 24.1 Å². The molecule has 1 amide bonds. The molecule has 27 heavy (non-hydrogen) atoms. The number of ether oxygens (including phenoxy) is 1. The molecule has 0 bridgehead atoms. The van der Waals surface area contributed by atoms with Crippen LogP contribution in [-0.4, -0.2) is 52.2 Å². The van der Waals surface area contributed by atoms with Gasteiger partial charge in [-0.05, 0) is 47.2 Å². The molecule has 0 atom stereocenters. The van der Waals surface area contributed by atoms with Gasteiger partial charge in [-0.25, -0.2) is 4.79 Å². The average Bonchev–Trinajstić information content (AvgIpc) is 2.56. The number of aromatic nitrogens is 1. The third-order valence-electron chi connectivity index (χ3n) is 4.83. The van der Waals surface area contributed by atoms with Crippen LogP contribution >= 0.6 is 0 Å². The van der Waals surface area contributed by atoms with Crippen LogP contribution in [0.2, 0.25) is 0 Å². The summed E-state index contributed by atoms with van der Waals surface area (Å²) in [6.45, 7) is 8.12. The minimum Gasteiger partial charge on any atom is -0.406 e. The Hall–Kier alpha value is -2.26. The molecule has 150 valence electrons. The fourth-order valence-electron chi connectivity index (χ4n) is 3.40. The maximum absolute atomic E-state index is 11.4. The van der Waals surface area contributed by atoms with Gasteiger partial charge in [0, 0.05) is 24.6 Å². The fraction of sp³-hybridized carbons (Fsp3) is 0.667. The van der Waals surface area contributed by atoms with Crippen molar-refractivity contribution in [2.45, 2.75) is 45.4 Å². The van der Waals surface area contributed by atoms with Crippen molar-refractivity contribution in [1.82, 2.24) is 9.88 Å². The van der Waals surface area contributed by atoms with E-state index in [4.69, 9.17) is 15.6 Å². The Morgan fingerprint density at radius 2 is 2.07 bits per heavy atom. The zero-order chi connectivity index (χ0) is 20.2. The molecule has 1 aliphatic rings. The average molecular weight is 380 g/mol. The number of pyridine rings is 1. The first-order chi connectivity index (χ1) is 12.6. The molecule has 9 nitrogen and oxygen atoms in total. The van der Waals surface area contributed by atoms with Crippen molar-refractivity contribution >= 4 is 11.9 Å². The summed E-state index contributed by atoms with van der Waals surface area (Å²) in [7, 11) is 0. The number of carbonyl (C=O) groups is 1. The summed E-state index contributed by atoms with van der Waals surface area (Å²) >= 11 is 0. The Morgan fingerprint density at radius 3 is 2.56 bits per heavy atom. The summed E-state index contributed by atoms with van der Waals surface area (Å²) in [5, 5.41) is 20.4. The van der Waals surface area contributed by atoms with Crippen molar-refractivity contribution in [2.24, 2.45) is 11.7 Å². The van der Waals surface area contributed by atoms with Crippen molar-refractivity contribution in [3.8, 4) is 5.75 Å². The van der Waals surface area contributed by atoms with Crippen molar-refractivity contribution in [1.29, 1.82) is 0 Å². The van der Waals surface area contributed by atoms with Gasteiger partial charge in [0.15, 0.2) is 11.4 Å². The topological polar surface area (TPSA) is 132 Å². The number of amides is 1. The Bertz CT molecular complexity index is 694. The minimum atomic E-state index is -0.963. The van der Waals surface area contributed by atoms with Crippen LogP contribution in [0.5, 0.6) is 5.75 Å². The molecule has 1 aromatic rings. The monoisotopic (exact) mass is 380 g/mol. The van der Waals surface area contributed by atoms with Crippen LogP contribution in [0.3, 0.4) is 0 Å². The fourth-order valence-corrected chi connectivity index (χ4v) is 3.40. The van der Waals surface area contributed by atoms with E-state index in [1.807, 2.05) is 20.8 Å². The van der Waals surface area contributed by atoms with Crippen molar-refractivity contribution in [3.63, 3.8) is 0 Å². The van der Waals surface area contributed by atoms with E-state index in [0.717, 1.165) is 25.9 Å². The second kappa shape index (κ2) is 8.62. The molecule has 0 aromatic carbocycles. The van der Waals surface area contributed by atoms with Crippen molar-refractivity contribution < 1.29 is 19.6 Å². The van der Waals surface area contributed by atoms with E-state index in [2.05, 4.69) is 9.88 Å². The lowest BCUT2D eigenvalue weighted by molar-refractivity contribution is -0.389. The summed E-state index contributed by atoms with van der Waals surface area (Å²) in [5.74, 6) is 0.236. The highest BCUT2D eigenvalue weighted by atomic mass is 16.6. The maximum atomic E-state index is 11.4. The first-order valence-electron chi connectivity index (χ1n) is 9.11. The maximum Gasteiger partial charge on any atom is 0.410 e.